The Kier molecular flexibility index (Phi) is 7.80. The Morgan fingerprint density at radius 2 is 1.70 bits per heavy atom. The summed E-state index contributed by atoms with van der Waals surface area (Å²) < 4.78 is 51.8. The van der Waals surface area contributed by atoms with Crippen LogP contribution in [-0.2, 0) is 19.6 Å². The number of carbonyl (C=O) groups excluding carboxylic acids is 1. The smallest absolute Gasteiger partial charge is 0.244 e. The third kappa shape index (κ3) is 5.82. The number of sulfonamides is 1. The lowest BCUT2D eigenvalue weighted by Gasteiger charge is -2.42. The molecule has 2 fully saturated rings. The lowest BCUT2D eigenvalue weighted by atomic mass is 9.78. The molecule has 3 heterocycles. The van der Waals surface area contributed by atoms with Crippen LogP contribution in [0, 0.1) is 5.41 Å². The van der Waals surface area contributed by atoms with E-state index in [1.165, 1.54) is 16.4 Å². The van der Waals surface area contributed by atoms with Crippen LogP contribution in [0.1, 0.15) is 19.3 Å². The van der Waals surface area contributed by atoms with Crippen molar-refractivity contribution in [2.45, 2.75) is 24.2 Å². The van der Waals surface area contributed by atoms with Gasteiger partial charge in [-0.3, -0.25) is 4.79 Å². The van der Waals surface area contributed by atoms with Crippen LogP contribution in [0.4, 0.5) is 0 Å². The van der Waals surface area contributed by atoms with Crippen molar-refractivity contribution >= 4 is 27.5 Å². The molecule has 3 aliphatic heterocycles. The number of ether oxygens (including phenoxy) is 4. The van der Waals surface area contributed by atoms with Gasteiger partial charge in [0, 0.05) is 50.1 Å². The average Bonchev–Trinajstić information content (AvgIpc) is 2.92. The van der Waals surface area contributed by atoms with E-state index in [4.69, 9.17) is 30.5 Å². The Balaban J connectivity index is 1.41. The molecule has 11 heteroatoms. The molecule has 2 saturated heterocycles. The van der Waals surface area contributed by atoms with Gasteiger partial charge in [0.05, 0.1) is 24.8 Å². The molecule has 1 atom stereocenters. The van der Waals surface area contributed by atoms with Crippen LogP contribution in [0.2, 0.25) is 5.02 Å². The number of morpholine rings is 1. The normalized spacial score (nSPS) is 22.5. The largest absolute Gasteiger partial charge is 0.493 e. The van der Waals surface area contributed by atoms with E-state index in [-0.39, 0.29) is 35.4 Å². The lowest BCUT2D eigenvalue weighted by molar-refractivity contribution is -0.139. The summed E-state index contributed by atoms with van der Waals surface area (Å²) in [5.74, 6) is 1.44. The molecule has 0 saturated carbocycles. The molecule has 1 amide bonds. The second-order valence-electron chi connectivity index (χ2n) is 9.64. The first kappa shape index (κ1) is 26.1. The van der Waals surface area contributed by atoms with Crippen molar-refractivity contribution in [2.75, 3.05) is 59.2 Å². The van der Waals surface area contributed by atoms with Gasteiger partial charge in [-0.15, -0.1) is 0 Å². The predicted octanol–water partition coefficient (Wildman–Crippen LogP) is 3.21. The number of para-hydroxylation sites is 1. The van der Waals surface area contributed by atoms with Crippen LogP contribution in [0.3, 0.4) is 0 Å². The third-order valence-electron chi connectivity index (χ3n) is 7.02. The zero-order chi connectivity index (χ0) is 25.9. The monoisotopic (exact) mass is 550 g/mol. The SMILES string of the molecule is O=C(C[C@@]1(COc2ccccc2)CCCN(S(=O)(=O)c2cc3c(cc2Cl)OCCO3)C1)N1CCOCC1. The number of hydrogen-bond acceptors (Lipinski definition) is 7. The van der Waals surface area contributed by atoms with Crippen LogP contribution in [-0.4, -0.2) is 82.7 Å². The second kappa shape index (κ2) is 11.1. The van der Waals surface area contributed by atoms with Gasteiger partial charge in [0.1, 0.15) is 23.9 Å². The van der Waals surface area contributed by atoms with E-state index in [0.717, 1.165) is 0 Å². The highest BCUT2D eigenvalue weighted by Gasteiger charge is 2.44. The number of nitrogens with zero attached hydrogens (tertiary/aromatic N) is 2. The van der Waals surface area contributed by atoms with Crippen molar-refractivity contribution in [1.29, 1.82) is 0 Å². The topological polar surface area (TPSA) is 94.6 Å². The van der Waals surface area contributed by atoms with Crippen molar-refractivity contribution in [3.05, 3.63) is 47.5 Å². The van der Waals surface area contributed by atoms with Crippen molar-refractivity contribution in [2.24, 2.45) is 5.41 Å². The zero-order valence-electron chi connectivity index (χ0n) is 20.6. The molecule has 0 N–H and O–H groups in total. The summed E-state index contributed by atoms with van der Waals surface area (Å²) in [4.78, 5) is 15.1. The molecule has 2 aromatic rings. The van der Waals surface area contributed by atoms with E-state index >= 15 is 0 Å². The quantitative estimate of drug-likeness (QED) is 0.522. The van der Waals surface area contributed by atoms with Gasteiger partial charge >= 0.3 is 0 Å². The molecule has 9 nitrogen and oxygen atoms in total. The highest BCUT2D eigenvalue weighted by molar-refractivity contribution is 7.89. The highest BCUT2D eigenvalue weighted by Crippen LogP contribution is 2.41. The number of fused-ring (bicyclic) bond motifs is 1. The fraction of sp³-hybridized carbons (Fsp3) is 0.500. The predicted molar refractivity (Wildman–Crippen MR) is 137 cm³/mol. The van der Waals surface area contributed by atoms with Crippen LogP contribution >= 0.6 is 11.6 Å². The number of benzene rings is 2. The van der Waals surface area contributed by atoms with E-state index in [2.05, 4.69) is 0 Å². The van der Waals surface area contributed by atoms with Gasteiger partial charge < -0.3 is 23.8 Å². The van der Waals surface area contributed by atoms with E-state index in [9.17, 15) is 13.2 Å². The molecule has 0 spiro atoms. The molecule has 0 unspecified atom stereocenters. The van der Waals surface area contributed by atoms with Crippen LogP contribution in [0.5, 0.6) is 17.2 Å². The lowest BCUT2D eigenvalue weighted by Crippen LogP contribution is -2.51. The first-order chi connectivity index (χ1) is 17.9. The summed E-state index contributed by atoms with van der Waals surface area (Å²) in [6.07, 6.45) is 1.44. The van der Waals surface area contributed by atoms with E-state index in [1.54, 1.807) is 4.90 Å². The van der Waals surface area contributed by atoms with Crippen molar-refractivity contribution in [3.8, 4) is 17.2 Å². The molecule has 200 valence electrons. The molecule has 0 radical (unpaired) electrons. The maximum atomic E-state index is 13.8. The maximum Gasteiger partial charge on any atom is 0.244 e. The Labute approximate surface area is 222 Å². The maximum absolute atomic E-state index is 13.8. The van der Waals surface area contributed by atoms with Crippen LogP contribution in [0.25, 0.3) is 0 Å². The molecule has 0 aromatic heterocycles. The van der Waals surface area contributed by atoms with Gasteiger partial charge in [-0.2, -0.15) is 4.31 Å². The van der Waals surface area contributed by atoms with Gasteiger partial charge in [-0.05, 0) is 25.0 Å². The summed E-state index contributed by atoms with van der Waals surface area (Å²) >= 11 is 6.42. The minimum absolute atomic E-state index is 0.0171. The second-order valence-corrected chi connectivity index (χ2v) is 12.0. The molecular formula is C26H31ClN2O7S. The average molecular weight is 551 g/mol. The van der Waals surface area contributed by atoms with Gasteiger partial charge in [-0.1, -0.05) is 29.8 Å². The summed E-state index contributed by atoms with van der Waals surface area (Å²) in [6.45, 7) is 3.46. The number of hydrogen-bond donors (Lipinski definition) is 0. The molecule has 0 aliphatic carbocycles. The molecule has 5 rings (SSSR count). The van der Waals surface area contributed by atoms with Crippen molar-refractivity contribution < 1.29 is 32.2 Å². The van der Waals surface area contributed by atoms with Crippen molar-refractivity contribution in [3.63, 3.8) is 0 Å². The van der Waals surface area contributed by atoms with Crippen LogP contribution in [0.15, 0.2) is 47.4 Å². The van der Waals surface area contributed by atoms with Gasteiger partial charge in [-0.25, -0.2) is 8.42 Å². The minimum atomic E-state index is -3.98. The summed E-state index contributed by atoms with van der Waals surface area (Å²) in [6, 6.07) is 12.3. The zero-order valence-corrected chi connectivity index (χ0v) is 22.1. The molecular weight excluding hydrogens is 520 g/mol. The number of carbonyl (C=O) groups is 1. The standard InChI is InChI=1S/C26H31ClN2O7S/c27-21-15-22-23(35-14-13-34-22)16-24(21)37(31,32)29-8-4-7-26(18-29,19-36-20-5-2-1-3-6-20)17-25(30)28-9-11-33-12-10-28/h1-3,5-6,15-16H,4,7-14,17-19H2/t26-/m0/s1. The van der Waals surface area contributed by atoms with E-state index < -0.39 is 15.4 Å². The van der Waals surface area contributed by atoms with Gasteiger partial charge in [0.2, 0.25) is 15.9 Å². The molecule has 37 heavy (non-hydrogen) atoms. The van der Waals surface area contributed by atoms with Crippen LogP contribution < -0.4 is 14.2 Å². The number of amides is 1. The highest BCUT2D eigenvalue weighted by atomic mass is 35.5. The number of piperidine rings is 1. The first-order valence-corrected chi connectivity index (χ1v) is 14.3. The van der Waals surface area contributed by atoms with E-state index in [0.29, 0.717) is 76.2 Å². The fourth-order valence-electron chi connectivity index (χ4n) is 5.06. The number of halogens is 1. The molecule has 2 aromatic carbocycles. The Bertz CT molecular complexity index is 1220. The third-order valence-corrected chi connectivity index (χ3v) is 9.33. The molecule has 0 bridgehead atoms. The fourth-order valence-corrected chi connectivity index (χ4v) is 7.16. The summed E-state index contributed by atoms with van der Waals surface area (Å²) in [5, 5.41) is 0.0744. The molecule has 3 aliphatic rings. The number of rotatable bonds is 7. The Hall–Kier alpha value is -2.53. The minimum Gasteiger partial charge on any atom is -0.493 e. The van der Waals surface area contributed by atoms with E-state index in [1.807, 2.05) is 30.3 Å². The van der Waals surface area contributed by atoms with Gasteiger partial charge in [0.15, 0.2) is 11.5 Å². The Morgan fingerprint density at radius 1 is 1.00 bits per heavy atom. The first-order valence-electron chi connectivity index (χ1n) is 12.5. The summed E-state index contributed by atoms with van der Waals surface area (Å²) in [5.41, 5.74) is -0.698. The summed E-state index contributed by atoms with van der Waals surface area (Å²) in [7, 11) is -3.98. The Morgan fingerprint density at radius 3 is 2.43 bits per heavy atom. The van der Waals surface area contributed by atoms with Gasteiger partial charge in [0.25, 0.3) is 0 Å². The van der Waals surface area contributed by atoms with Crippen molar-refractivity contribution in [1.82, 2.24) is 9.21 Å².